The number of carbonyl (C=O) groups excluding carboxylic acids is 1. The zero-order valence-corrected chi connectivity index (χ0v) is 14.3. The van der Waals surface area contributed by atoms with Gasteiger partial charge in [-0.15, -0.1) is 11.3 Å². The van der Waals surface area contributed by atoms with Crippen LogP contribution in [0.25, 0.3) is 0 Å². The number of carbonyl (C=O) groups is 1. The molecule has 0 spiro atoms. The fourth-order valence-corrected chi connectivity index (χ4v) is 3.47. The number of amides is 1. The van der Waals surface area contributed by atoms with E-state index in [1.54, 1.807) is 11.3 Å². The Morgan fingerprint density at radius 1 is 1.17 bits per heavy atom. The highest BCUT2D eigenvalue weighted by molar-refractivity contribution is 7.09. The Morgan fingerprint density at radius 2 is 1.91 bits per heavy atom. The number of aryl methyl sites for hydroxylation is 2. The first-order chi connectivity index (χ1) is 11.2. The fraction of sp³-hybridized carbons (Fsp3) is 0.471. The third-order valence-electron chi connectivity index (χ3n) is 4.16. The number of thiazole rings is 1. The molecule has 1 amide bonds. The maximum Gasteiger partial charge on any atom is 0.228 e. The average molecular weight is 330 g/mol. The predicted molar refractivity (Wildman–Crippen MR) is 91.5 cm³/mol. The SMILES string of the molecule is CN1CCN(C(=O)Cc2csc(CCc3ccncc3)n2)CC1. The fourth-order valence-electron chi connectivity index (χ4n) is 2.67. The van der Waals surface area contributed by atoms with Gasteiger partial charge in [0.2, 0.25) is 5.91 Å². The molecule has 0 N–H and O–H groups in total. The summed E-state index contributed by atoms with van der Waals surface area (Å²) in [4.78, 5) is 25.2. The van der Waals surface area contributed by atoms with E-state index in [-0.39, 0.29) is 5.91 Å². The first-order valence-electron chi connectivity index (χ1n) is 7.99. The second kappa shape index (κ2) is 7.66. The van der Waals surface area contributed by atoms with Crippen molar-refractivity contribution in [3.05, 3.63) is 46.2 Å². The van der Waals surface area contributed by atoms with Crippen molar-refractivity contribution in [2.45, 2.75) is 19.3 Å². The van der Waals surface area contributed by atoms with E-state index in [4.69, 9.17) is 0 Å². The number of hydrogen-bond donors (Lipinski definition) is 0. The number of aromatic nitrogens is 2. The summed E-state index contributed by atoms with van der Waals surface area (Å²) in [6.45, 7) is 3.57. The van der Waals surface area contributed by atoms with E-state index in [9.17, 15) is 4.79 Å². The van der Waals surface area contributed by atoms with Crippen molar-refractivity contribution in [1.82, 2.24) is 19.8 Å². The maximum absolute atomic E-state index is 12.3. The van der Waals surface area contributed by atoms with Gasteiger partial charge in [0.15, 0.2) is 0 Å². The molecule has 2 aromatic heterocycles. The topological polar surface area (TPSA) is 49.3 Å². The lowest BCUT2D eigenvalue weighted by Gasteiger charge is -2.32. The minimum Gasteiger partial charge on any atom is -0.340 e. The van der Waals surface area contributed by atoms with Gasteiger partial charge in [0.1, 0.15) is 0 Å². The van der Waals surface area contributed by atoms with Crippen molar-refractivity contribution in [3.8, 4) is 0 Å². The van der Waals surface area contributed by atoms with Crippen LogP contribution in [0.3, 0.4) is 0 Å². The molecule has 0 aliphatic carbocycles. The number of piperazine rings is 1. The van der Waals surface area contributed by atoms with Crippen LogP contribution < -0.4 is 0 Å². The van der Waals surface area contributed by atoms with Gasteiger partial charge in [0.05, 0.1) is 17.1 Å². The van der Waals surface area contributed by atoms with Crippen LogP contribution in [0, 0.1) is 0 Å². The van der Waals surface area contributed by atoms with E-state index in [2.05, 4.69) is 21.9 Å². The Morgan fingerprint density at radius 3 is 2.65 bits per heavy atom. The van der Waals surface area contributed by atoms with E-state index >= 15 is 0 Å². The molecule has 122 valence electrons. The second-order valence-corrected chi connectivity index (χ2v) is 6.89. The standard InChI is InChI=1S/C17H22N4OS/c1-20-8-10-21(11-9-20)17(22)12-15-13-23-16(19-15)3-2-14-4-6-18-7-5-14/h4-7,13H,2-3,8-12H2,1H3. The van der Waals surface area contributed by atoms with Gasteiger partial charge in [0, 0.05) is 50.4 Å². The molecule has 0 radical (unpaired) electrons. The normalized spacial score (nSPS) is 15.8. The van der Waals surface area contributed by atoms with E-state index in [1.807, 2.05) is 34.8 Å². The molecule has 1 aliphatic heterocycles. The van der Waals surface area contributed by atoms with Crippen LogP contribution in [0.4, 0.5) is 0 Å². The second-order valence-electron chi connectivity index (χ2n) is 5.95. The molecule has 2 aromatic rings. The Labute approximate surface area is 141 Å². The molecule has 3 rings (SSSR count). The lowest BCUT2D eigenvalue weighted by molar-refractivity contribution is -0.132. The molecule has 0 bridgehead atoms. The predicted octanol–water partition coefficient (Wildman–Crippen LogP) is 1.64. The van der Waals surface area contributed by atoms with Crippen molar-refractivity contribution < 1.29 is 4.79 Å². The van der Waals surface area contributed by atoms with Crippen LogP contribution in [0.1, 0.15) is 16.3 Å². The van der Waals surface area contributed by atoms with E-state index in [0.717, 1.165) is 49.7 Å². The van der Waals surface area contributed by atoms with Crippen molar-refractivity contribution in [2.24, 2.45) is 0 Å². The van der Waals surface area contributed by atoms with Crippen LogP contribution in [-0.4, -0.2) is 58.9 Å². The summed E-state index contributed by atoms with van der Waals surface area (Å²) in [6.07, 6.45) is 5.93. The highest BCUT2D eigenvalue weighted by atomic mass is 32.1. The first kappa shape index (κ1) is 16.1. The summed E-state index contributed by atoms with van der Waals surface area (Å²) in [7, 11) is 2.09. The molecule has 5 nitrogen and oxygen atoms in total. The molecule has 0 aromatic carbocycles. The largest absolute Gasteiger partial charge is 0.340 e. The maximum atomic E-state index is 12.3. The molecule has 1 aliphatic rings. The quantitative estimate of drug-likeness (QED) is 0.836. The molecule has 1 saturated heterocycles. The zero-order valence-electron chi connectivity index (χ0n) is 13.4. The van der Waals surface area contributed by atoms with Gasteiger partial charge in [-0.2, -0.15) is 0 Å². The van der Waals surface area contributed by atoms with Gasteiger partial charge in [0.25, 0.3) is 0 Å². The molecular weight excluding hydrogens is 308 g/mol. The molecule has 6 heteroatoms. The molecule has 0 unspecified atom stereocenters. The molecular formula is C17H22N4OS. The third-order valence-corrected chi connectivity index (χ3v) is 5.12. The average Bonchev–Trinajstić information content (AvgIpc) is 3.02. The number of nitrogens with zero attached hydrogens (tertiary/aromatic N) is 4. The van der Waals surface area contributed by atoms with E-state index < -0.39 is 0 Å². The van der Waals surface area contributed by atoms with Crippen molar-refractivity contribution in [3.63, 3.8) is 0 Å². The van der Waals surface area contributed by atoms with Crippen LogP contribution in [0.2, 0.25) is 0 Å². The van der Waals surface area contributed by atoms with Crippen LogP contribution in [-0.2, 0) is 24.1 Å². The molecule has 3 heterocycles. The number of pyridine rings is 1. The Bertz CT molecular complexity index is 635. The van der Waals surface area contributed by atoms with Gasteiger partial charge in [-0.25, -0.2) is 4.98 Å². The minimum absolute atomic E-state index is 0.198. The minimum atomic E-state index is 0.198. The van der Waals surface area contributed by atoms with Crippen molar-refractivity contribution >= 4 is 17.2 Å². The van der Waals surface area contributed by atoms with Crippen molar-refractivity contribution in [2.75, 3.05) is 33.2 Å². The summed E-state index contributed by atoms with van der Waals surface area (Å²) < 4.78 is 0. The third kappa shape index (κ3) is 4.59. The van der Waals surface area contributed by atoms with Crippen LogP contribution >= 0.6 is 11.3 Å². The number of rotatable bonds is 5. The Kier molecular flexibility index (Phi) is 5.35. The van der Waals surface area contributed by atoms with Crippen LogP contribution in [0.5, 0.6) is 0 Å². The summed E-state index contributed by atoms with van der Waals surface area (Å²) in [5, 5.41) is 3.12. The summed E-state index contributed by atoms with van der Waals surface area (Å²) >= 11 is 1.65. The summed E-state index contributed by atoms with van der Waals surface area (Å²) in [6, 6.07) is 4.07. The van der Waals surface area contributed by atoms with Crippen LogP contribution in [0.15, 0.2) is 29.9 Å². The highest BCUT2D eigenvalue weighted by Crippen LogP contribution is 2.14. The lowest BCUT2D eigenvalue weighted by Crippen LogP contribution is -2.47. The van der Waals surface area contributed by atoms with E-state index in [0.29, 0.717) is 6.42 Å². The van der Waals surface area contributed by atoms with Crippen molar-refractivity contribution in [1.29, 1.82) is 0 Å². The van der Waals surface area contributed by atoms with Gasteiger partial charge in [-0.05, 0) is 31.2 Å². The highest BCUT2D eigenvalue weighted by Gasteiger charge is 2.19. The van der Waals surface area contributed by atoms with Gasteiger partial charge < -0.3 is 9.80 Å². The molecule has 0 atom stereocenters. The molecule has 0 saturated carbocycles. The van der Waals surface area contributed by atoms with Gasteiger partial charge in [-0.3, -0.25) is 9.78 Å². The first-order valence-corrected chi connectivity index (χ1v) is 8.87. The summed E-state index contributed by atoms with van der Waals surface area (Å²) in [5.74, 6) is 0.198. The molecule has 23 heavy (non-hydrogen) atoms. The van der Waals surface area contributed by atoms with E-state index in [1.165, 1.54) is 5.56 Å². The zero-order chi connectivity index (χ0) is 16.1. The number of hydrogen-bond acceptors (Lipinski definition) is 5. The van der Waals surface area contributed by atoms with Gasteiger partial charge in [-0.1, -0.05) is 0 Å². The summed E-state index contributed by atoms with van der Waals surface area (Å²) in [5.41, 5.74) is 2.17. The number of likely N-dealkylation sites (N-methyl/N-ethyl adjacent to an activating group) is 1. The lowest BCUT2D eigenvalue weighted by atomic mass is 10.1. The Balaban J connectivity index is 1.50. The smallest absolute Gasteiger partial charge is 0.228 e. The monoisotopic (exact) mass is 330 g/mol. The molecule has 1 fully saturated rings. The Hall–Kier alpha value is -1.79. The van der Waals surface area contributed by atoms with Gasteiger partial charge >= 0.3 is 0 Å².